The van der Waals surface area contributed by atoms with Crippen molar-refractivity contribution in [3.05, 3.63) is 52.7 Å². The van der Waals surface area contributed by atoms with Gasteiger partial charge in [-0.05, 0) is 12.1 Å². The normalized spacial score (nSPS) is 10.0. The van der Waals surface area contributed by atoms with E-state index in [-0.39, 0.29) is 17.6 Å². The van der Waals surface area contributed by atoms with Crippen molar-refractivity contribution in [1.29, 1.82) is 0 Å². The highest BCUT2D eigenvalue weighted by Gasteiger charge is 2.08. The molecule has 0 aliphatic rings. The summed E-state index contributed by atoms with van der Waals surface area (Å²) < 4.78 is 4.96. The second-order valence-corrected chi connectivity index (χ2v) is 4.11. The Labute approximate surface area is 115 Å². The zero-order valence-electron chi connectivity index (χ0n) is 10.3. The number of amides is 1. The predicted molar refractivity (Wildman–Crippen MR) is 71.2 cm³/mol. The van der Waals surface area contributed by atoms with E-state index in [0.717, 1.165) is 0 Å². The maximum absolute atomic E-state index is 11.9. The molecule has 0 bridgehead atoms. The fourth-order valence-electron chi connectivity index (χ4n) is 1.49. The SMILES string of the molecule is COc1cc(CNC(=O)c2ccccc2)c(Cl)nn1. The van der Waals surface area contributed by atoms with Gasteiger partial charge in [0.15, 0.2) is 5.15 Å². The molecular formula is C13H12ClN3O2. The first kappa shape index (κ1) is 13.3. The van der Waals surface area contributed by atoms with E-state index in [1.807, 2.05) is 6.07 Å². The summed E-state index contributed by atoms with van der Waals surface area (Å²) in [6, 6.07) is 10.6. The molecule has 0 fully saturated rings. The quantitative estimate of drug-likeness (QED) is 0.929. The lowest BCUT2D eigenvalue weighted by Crippen LogP contribution is -2.23. The highest BCUT2D eigenvalue weighted by molar-refractivity contribution is 6.30. The van der Waals surface area contributed by atoms with Gasteiger partial charge in [-0.3, -0.25) is 4.79 Å². The highest BCUT2D eigenvalue weighted by Crippen LogP contribution is 2.16. The first-order chi connectivity index (χ1) is 9.20. The molecule has 6 heteroatoms. The Bertz CT molecular complexity index is 575. The number of carbonyl (C=O) groups is 1. The summed E-state index contributed by atoms with van der Waals surface area (Å²) in [7, 11) is 1.49. The van der Waals surface area contributed by atoms with Crippen LogP contribution in [0.5, 0.6) is 5.88 Å². The van der Waals surface area contributed by atoms with Gasteiger partial charge in [0.25, 0.3) is 5.91 Å². The number of halogens is 1. The Morgan fingerprint density at radius 3 is 2.74 bits per heavy atom. The molecule has 1 aromatic carbocycles. The van der Waals surface area contributed by atoms with Gasteiger partial charge in [0.1, 0.15) is 0 Å². The summed E-state index contributed by atoms with van der Waals surface area (Å²) in [5.41, 5.74) is 1.24. The molecule has 0 aliphatic heterocycles. The topological polar surface area (TPSA) is 64.1 Å². The van der Waals surface area contributed by atoms with Crippen molar-refractivity contribution in [3.8, 4) is 5.88 Å². The van der Waals surface area contributed by atoms with Crippen molar-refractivity contribution in [3.63, 3.8) is 0 Å². The Morgan fingerprint density at radius 1 is 1.32 bits per heavy atom. The third kappa shape index (κ3) is 3.42. The molecule has 0 unspecified atom stereocenters. The molecule has 98 valence electrons. The number of hydrogen-bond acceptors (Lipinski definition) is 4. The number of rotatable bonds is 4. The van der Waals surface area contributed by atoms with Gasteiger partial charge >= 0.3 is 0 Å². The van der Waals surface area contributed by atoms with E-state index in [0.29, 0.717) is 17.0 Å². The van der Waals surface area contributed by atoms with E-state index < -0.39 is 0 Å². The van der Waals surface area contributed by atoms with E-state index in [1.54, 1.807) is 30.3 Å². The molecule has 0 saturated heterocycles. The molecule has 5 nitrogen and oxygen atoms in total. The van der Waals surface area contributed by atoms with E-state index >= 15 is 0 Å². The molecule has 1 amide bonds. The predicted octanol–water partition coefficient (Wildman–Crippen LogP) is 2.07. The summed E-state index contributed by atoms with van der Waals surface area (Å²) in [5.74, 6) is 0.181. The van der Waals surface area contributed by atoms with Crippen LogP contribution in [0.2, 0.25) is 5.15 Å². The third-order valence-electron chi connectivity index (χ3n) is 2.48. The van der Waals surface area contributed by atoms with Crippen LogP contribution in [0.1, 0.15) is 15.9 Å². The molecule has 19 heavy (non-hydrogen) atoms. The average Bonchev–Trinajstić information content (AvgIpc) is 2.47. The molecule has 1 heterocycles. The van der Waals surface area contributed by atoms with Gasteiger partial charge in [0.2, 0.25) is 5.88 Å². The maximum atomic E-state index is 11.9. The monoisotopic (exact) mass is 277 g/mol. The molecule has 0 spiro atoms. The van der Waals surface area contributed by atoms with Crippen LogP contribution in [0, 0.1) is 0 Å². The summed E-state index contributed by atoms with van der Waals surface area (Å²) in [6.45, 7) is 0.262. The standard InChI is InChI=1S/C13H12ClN3O2/c1-19-11-7-10(12(14)17-16-11)8-15-13(18)9-5-3-2-4-6-9/h2-7H,8H2,1H3,(H,15,18). The lowest BCUT2D eigenvalue weighted by molar-refractivity contribution is 0.0951. The van der Waals surface area contributed by atoms with Crippen LogP contribution in [-0.4, -0.2) is 23.2 Å². The highest BCUT2D eigenvalue weighted by atomic mass is 35.5. The van der Waals surface area contributed by atoms with Crippen LogP contribution in [0.15, 0.2) is 36.4 Å². The molecule has 0 aliphatic carbocycles. The van der Waals surface area contributed by atoms with Crippen LogP contribution >= 0.6 is 11.6 Å². The summed E-state index contributed by atoms with van der Waals surface area (Å²) in [5, 5.41) is 10.5. The zero-order chi connectivity index (χ0) is 13.7. The minimum atomic E-state index is -0.174. The molecule has 2 rings (SSSR count). The number of ether oxygens (including phenoxy) is 1. The fourth-order valence-corrected chi connectivity index (χ4v) is 1.64. The first-order valence-electron chi connectivity index (χ1n) is 5.60. The van der Waals surface area contributed by atoms with Crippen molar-refractivity contribution < 1.29 is 9.53 Å². The summed E-state index contributed by atoms with van der Waals surface area (Å²) in [6.07, 6.45) is 0. The van der Waals surface area contributed by atoms with Crippen LogP contribution < -0.4 is 10.1 Å². The molecule has 0 radical (unpaired) electrons. The van der Waals surface area contributed by atoms with Crippen LogP contribution in [0.25, 0.3) is 0 Å². The van der Waals surface area contributed by atoms with Crippen LogP contribution in [0.3, 0.4) is 0 Å². The van der Waals surface area contributed by atoms with Gasteiger partial charge in [-0.1, -0.05) is 29.8 Å². The Hall–Kier alpha value is -2.14. The maximum Gasteiger partial charge on any atom is 0.251 e. The first-order valence-corrected chi connectivity index (χ1v) is 5.98. The zero-order valence-corrected chi connectivity index (χ0v) is 11.0. The number of nitrogens with zero attached hydrogens (tertiary/aromatic N) is 2. The van der Waals surface area contributed by atoms with Crippen LogP contribution in [-0.2, 0) is 6.54 Å². The van der Waals surface area contributed by atoms with Crippen LogP contribution in [0.4, 0.5) is 0 Å². The lowest BCUT2D eigenvalue weighted by Gasteiger charge is -2.07. The number of carbonyl (C=O) groups excluding carboxylic acids is 1. The minimum absolute atomic E-state index is 0.174. The fraction of sp³-hybridized carbons (Fsp3) is 0.154. The van der Waals surface area contributed by atoms with Crippen molar-refractivity contribution in [1.82, 2.24) is 15.5 Å². The summed E-state index contributed by atoms with van der Waals surface area (Å²) >= 11 is 5.90. The van der Waals surface area contributed by atoms with Gasteiger partial charge in [0, 0.05) is 23.7 Å². The smallest absolute Gasteiger partial charge is 0.251 e. The van der Waals surface area contributed by atoms with E-state index in [9.17, 15) is 4.79 Å². The van der Waals surface area contributed by atoms with E-state index in [2.05, 4.69) is 15.5 Å². The van der Waals surface area contributed by atoms with Crippen molar-refractivity contribution >= 4 is 17.5 Å². The molecule has 1 N–H and O–H groups in total. The van der Waals surface area contributed by atoms with Gasteiger partial charge in [-0.15, -0.1) is 10.2 Å². The van der Waals surface area contributed by atoms with Gasteiger partial charge in [-0.25, -0.2) is 0 Å². The number of hydrogen-bond donors (Lipinski definition) is 1. The number of aromatic nitrogens is 2. The van der Waals surface area contributed by atoms with Crippen molar-refractivity contribution in [2.75, 3.05) is 7.11 Å². The van der Waals surface area contributed by atoms with Crippen molar-refractivity contribution in [2.24, 2.45) is 0 Å². The van der Waals surface area contributed by atoms with E-state index in [4.69, 9.17) is 16.3 Å². The Kier molecular flexibility index (Phi) is 4.30. The number of methoxy groups -OCH3 is 1. The Balaban J connectivity index is 2.05. The second-order valence-electron chi connectivity index (χ2n) is 3.75. The van der Waals surface area contributed by atoms with Crippen molar-refractivity contribution in [2.45, 2.75) is 6.54 Å². The summed E-state index contributed by atoms with van der Waals surface area (Å²) in [4.78, 5) is 11.9. The molecule has 0 atom stereocenters. The minimum Gasteiger partial charge on any atom is -0.480 e. The molecule has 1 aromatic heterocycles. The molecule has 2 aromatic rings. The largest absolute Gasteiger partial charge is 0.480 e. The second kappa shape index (κ2) is 6.15. The average molecular weight is 278 g/mol. The number of nitrogens with one attached hydrogen (secondary N) is 1. The molecule has 0 saturated carbocycles. The van der Waals surface area contributed by atoms with Gasteiger partial charge in [-0.2, -0.15) is 0 Å². The Morgan fingerprint density at radius 2 is 2.05 bits per heavy atom. The molecular weight excluding hydrogens is 266 g/mol. The number of benzene rings is 1. The van der Waals surface area contributed by atoms with Gasteiger partial charge < -0.3 is 10.1 Å². The third-order valence-corrected chi connectivity index (χ3v) is 2.80. The van der Waals surface area contributed by atoms with Gasteiger partial charge in [0.05, 0.1) is 7.11 Å². The lowest BCUT2D eigenvalue weighted by atomic mass is 10.2. The van der Waals surface area contributed by atoms with E-state index in [1.165, 1.54) is 7.11 Å².